The summed E-state index contributed by atoms with van der Waals surface area (Å²) in [4.78, 5) is 12.1. The van der Waals surface area contributed by atoms with E-state index in [0.29, 0.717) is 5.82 Å². The predicted octanol–water partition coefficient (Wildman–Crippen LogP) is 1.44. The summed E-state index contributed by atoms with van der Waals surface area (Å²) in [6.45, 7) is 1.99. The highest BCUT2D eigenvalue weighted by atomic mass is 16.5. The molecule has 5 heteroatoms. The molecular weight excluding hydrogens is 204 g/mol. The third-order valence-electron chi connectivity index (χ3n) is 2.20. The number of nitrogens with zero attached hydrogens (tertiary/aromatic N) is 3. The molecule has 1 aromatic carbocycles. The Morgan fingerprint density at radius 2 is 1.88 bits per heavy atom. The highest BCUT2D eigenvalue weighted by Crippen LogP contribution is 2.20. The van der Waals surface area contributed by atoms with Gasteiger partial charge in [0, 0.05) is 5.56 Å². The molecule has 0 radical (unpaired) electrons. The molecule has 0 spiro atoms. The topological polar surface area (TPSA) is 73.9 Å². The smallest absolute Gasteiger partial charge is 0.321 e. The minimum Gasteiger partial charge on any atom is -0.467 e. The Labute approximate surface area is 93.3 Å². The summed E-state index contributed by atoms with van der Waals surface area (Å²) >= 11 is 0. The number of nitrogen functional groups attached to an aromatic ring is 1. The second-order valence-electron chi connectivity index (χ2n) is 3.32. The molecule has 0 amide bonds. The molecule has 0 unspecified atom stereocenters. The first-order valence-corrected chi connectivity index (χ1v) is 4.82. The summed E-state index contributed by atoms with van der Waals surface area (Å²) in [6.07, 6.45) is 0. The molecule has 1 heterocycles. The van der Waals surface area contributed by atoms with Gasteiger partial charge in [0.05, 0.1) is 7.11 Å². The van der Waals surface area contributed by atoms with Crippen molar-refractivity contribution in [2.24, 2.45) is 0 Å². The third-order valence-corrected chi connectivity index (χ3v) is 2.20. The molecule has 5 nitrogen and oxygen atoms in total. The maximum atomic E-state index is 5.58. The highest BCUT2D eigenvalue weighted by Gasteiger charge is 2.08. The number of anilines is 1. The zero-order valence-electron chi connectivity index (χ0n) is 9.14. The van der Waals surface area contributed by atoms with E-state index in [4.69, 9.17) is 10.5 Å². The van der Waals surface area contributed by atoms with Crippen LogP contribution in [0.15, 0.2) is 24.3 Å². The molecule has 0 fully saturated rings. The minimum atomic E-state index is 0.158. The van der Waals surface area contributed by atoms with E-state index in [9.17, 15) is 0 Å². The van der Waals surface area contributed by atoms with E-state index in [1.54, 1.807) is 0 Å². The molecule has 82 valence electrons. The van der Waals surface area contributed by atoms with Gasteiger partial charge in [-0.15, -0.1) is 0 Å². The van der Waals surface area contributed by atoms with E-state index >= 15 is 0 Å². The molecular formula is C11H12N4O. The first kappa shape index (κ1) is 10.4. The number of benzene rings is 1. The van der Waals surface area contributed by atoms with Crippen molar-refractivity contribution in [1.82, 2.24) is 15.0 Å². The summed E-state index contributed by atoms with van der Waals surface area (Å²) in [5.41, 5.74) is 7.58. The summed E-state index contributed by atoms with van der Waals surface area (Å²) in [6, 6.07) is 8.03. The molecule has 2 N–H and O–H groups in total. The monoisotopic (exact) mass is 216 g/mol. The Morgan fingerprint density at radius 3 is 2.56 bits per heavy atom. The van der Waals surface area contributed by atoms with Gasteiger partial charge in [0.15, 0.2) is 5.82 Å². The molecule has 0 atom stereocenters. The Morgan fingerprint density at radius 1 is 1.12 bits per heavy atom. The van der Waals surface area contributed by atoms with Gasteiger partial charge < -0.3 is 10.5 Å². The largest absolute Gasteiger partial charge is 0.467 e. The van der Waals surface area contributed by atoms with Gasteiger partial charge in [0.1, 0.15) is 0 Å². The number of nitrogens with two attached hydrogens (primary N) is 1. The third kappa shape index (κ3) is 1.93. The maximum Gasteiger partial charge on any atom is 0.321 e. The number of hydrogen-bond acceptors (Lipinski definition) is 5. The van der Waals surface area contributed by atoms with Crippen molar-refractivity contribution in [3.63, 3.8) is 0 Å². The van der Waals surface area contributed by atoms with Crippen LogP contribution >= 0.6 is 0 Å². The summed E-state index contributed by atoms with van der Waals surface area (Å²) in [7, 11) is 1.50. The first-order valence-electron chi connectivity index (χ1n) is 4.82. The number of aromatic nitrogens is 3. The van der Waals surface area contributed by atoms with Gasteiger partial charge in [0.25, 0.3) is 0 Å². The Hall–Kier alpha value is -2.17. The zero-order chi connectivity index (χ0) is 11.5. The molecule has 2 aromatic rings. The Balaban J connectivity index is 2.56. The molecule has 1 aromatic heterocycles. The number of methoxy groups -OCH3 is 1. The predicted molar refractivity (Wildman–Crippen MR) is 61.0 cm³/mol. The van der Waals surface area contributed by atoms with Crippen LogP contribution in [0.5, 0.6) is 6.01 Å². The van der Waals surface area contributed by atoms with E-state index in [2.05, 4.69) is 15.0 Å². The van der Waals surface area contributed by atoms with Crippen LogP contribution < -0.4 is 10.5 Å². The van der Waals surface area contributed by atoms with Crippen LogP contribution in [0.4, 0.5) is 5.95 Å². The van der Waals surface area contributed by atoms with E-state index in [1.165, 1.54) is 7.11 Å². The van der Waals surface area contributed by atoms with Gasteiger partial charge in [-0.3, -0.25) is 0 Å². The second kappa shape index (κ2) is 4.14. The lowest BCUT2D eigenvalue weighted by Gasteiger charge is -2.05. The van der Waals surface area contributed by atoms with Crippen molar-refractivity contribution in [2.45, 2.75) is 6.92 Å². The molecule has 0 aliphatic carbocycles. The van der Waals surface area contributed by atoms with Crippen LogP contribution in [0, 0.1) is 6.92 Å². The second-order valence-corrected chi connectivity index (χ2v) is 3.32. The van der Waals surface area contributed by atoms with Crippen molar-refractivity contribution >= 4 is 5.95 Å². The van der Waals surface area contributed by atoms with Crippen molar-refractivity contribution in [2.75, 3.05) is 12.8 Å². The normalized spacial score (nSPS) is 10.1. The van der Waals surface area contributed by atoms with Gasteiger partial charge in [-0.2, -0.15) is 15.0 Å². The van der Waals surface area contributed by atoms with Crippen LogP contribution in [-0.4, -0.2) is 22.1 Å². The van der Waals surface area contributed by atoms with Crippen LogP contribution in [0.1, 0.15) is 5.56 Å². The van der Waals surface area contributed by atoms with E-state index in [-0.39, 0.29) is 12.0 Å². The minimum absolute atomic E-state index is 0.158. The fraction of sp³-hybridized carbons (Fsp3) is 0.182. The lowest BCUT2D eigenvalue weighted by Crippen LogP contribution is -2.03. The molecule has 0 saturated carbocycles. The molecule has 16 heavy (non-hydrogen) atoms. The average molecular weight is 216 g/mol. The molecule has 0 aliphatic heterocycles. The zero-order valence-corrected chi connectivity index (χ0v) is 9.14. The average Bonchev–Trinajstić information content (AvgIpc) is 2.28. The Kier molecular flexibility index (Phi) is 2.68. The summed E-state index contributed by atoms with van der Waals surface area (Å²) < 4.78 is 4.95. The standard InChI is InChI=1S/C11H12N4O/c1-7-5-3-4-6-8(7)9-13-10(12)15-11(14-9)16-2/h3-6H,1-2H3,(H2,12,13,14,15). The molecule has 0 aliphatic rings. The van der Waals surface area contributed by atoms with Crippen molar-refractivity contribution in [3.05, 3.63) is 29.8 Å². The van der Waals surface area contributed by atoms with Crippen LogP contribution in [0.2, 0.25) is 0 Å². The molecule has 0 saturated heterocycles. The van der Waals surface area contributed by atoms with E-state index < -0.39 is 0 Å². The van der Waals surface area contributed by atoms with Crippen molar-refractivity contribution in [3.8, 4) is 17.4 Å². The summed E-state index contributed by atoms with van der Waals surface area (Å²) in [5.74, 6) is 0.688. The van der Waals surface area contributed by atoms with Gasteiger partial charge in [-0.05, 0) is 12.5 Å². The fourth-order valence-electron chi connectivity index (χ4n) is 1.41. The lowest BCUT2D eigenvalue weighted by molar-refractivity contribution is 0.379. The van der Waals surface area contributed by atoms with Crippen molar-refractivity contribution in [1.29, 1.82) is 0 Å². The van der Waals surface area contributed by atoms with E-state index in [0.717, 1.165) is 11.1 Å². The lowest BCUT2D eigenvalue weighted by atomic mass is 10.1. The van der Waals surface area contributed by atoms with Gasteiger partial charge in [0.2, 0.25) is 5.95 Å². The summed E-state index contributed by atoms with van der Waals surface area (Å²) in [5, 5.41) is 0. The van der Waals surface area contributed by atoms with E-state index in [1.807, 2.05) is 31.2 Å². The van der Waals surface area contributed by atoms with Crippen LogP contribution in [0.25, 0.3) is 11.4 Å². The maximum absolute atomic E-state index is 5.58. The number of aryl methyl sites for hydroxylation is 1. The van der Waals surface area contributed by atoms with Gasteiger partial charge >= 0.3 is 6.01 Å². The Bertz CT molecular complexity index is 513. The first-order chi connectivity index (χ1) is 7.70. The highest BCUT2D eigenvalue weighted by molar-refractivity contribution is 5.60. The van der Waals surface area contributed by atoms with Gasteiger partial charge in [-0.1, -0.05) is 24.3 Å². The van der Waals surface area contributed by atoms with Crippen LogP contribution in [0.3, 0.4) is 0 Å². The van der Waals surface area contributed by atoms with Crippen LogP contribution in [-0.2, 0) is 0 Å². The fourth-order valence-corrected chi connectivity index (χ4v) is 1.41. The number of hydrogen-bond donors (Lipinski definition) is 1. The number of ether oxygens (including phenoxy) is 1. The molecule has 2 rings (SSSR count). The molecule has 0 bridgehead atoms. The van der Waals surface area contributed by atoms with Crippen molar-refractivity contribution < 1.29 is 4.74 Å². The SMILES string of the molecule is COc1nc(N)nc(-c2ccccc2C)n1. The number of rotatable bonds is 2. The van der Waals surface area contributed by atoms with Gasteiger partial charge in [-0.25, -0.2) is 0 Å². The quantitative estimate of drug-likeness (QED) is 0.822.